The number of carbonyl (C=O) groups is 1. The van der Waals surface area contributed by atoms with Crippen molar-refractivity contribution in [3.63, 3.8) is 0 Å². The van der Waals surface area contributed by atoms with Crippen LogP contribution in [0.15, 0.2) is 76.4 Å². The Kier molecular flexibility index (Phi) is 5.98. The van der Waals surface area contributed by atoms with Crippen LogP contribution in [-0.2, 0) is 13.2 Å². The van der Waals surface area contributed by atoms with Crippen LogP contribution in [-0.4, -0.2) is 36.6 Å². The maximum atomic E-state index is 12.5. The second-order valence-corrected chi connectivity index (χ2v) is 7.69. The lowest BCUT2D eigenvalue weighted by molar-refractivity contribution is 0.0827. The van der Waals surface area contributed by atoms with Crippen LogP contribution >= 0.6 is 0 Å². The molecule has 1 amide bonds. The smallest absolute Gasteiger partial charge is 0.253 e. The summed E-state index contributed by atoms with van der Waals surface area (Å²) >= 11 is 0. The van der Waals surface area contributed by atoms with E-state index in [9.17, 15) is 9.59 Å². The van der Waals surface area contributed by atoms with Crippen molar-refractivity contribution in [2.45, 2.75) is 13.2 Å². The van der Waals surface area contributed by atoms with Crippen LogP contribution in [0.5, 0.6) is 11.5 Å². The van der Waals surface area contributed by atoms with E-state index in [0.29, 0.717) is 17.9 Å². The van der Waals surface area contributed by atoms with Gasteiger partial charge in [0.2, 0.25) is 11.2 Å². The second-order valence-electron chi connectivity index (χ2n) is 7.69. The van der Waals surface area contributed by atoms with Gasteiger partial charge in [0.05, 0.1) is 13.7 Å². The maximum absolute atomic E-state index is 12.5. The van der Waals surface area contributed by atoms with Gasteiger partial charge in [0.25, 0.3) is 5.91 Å². The molecule has 4 rings (SSSR count). The Balaban J connectivity index is 1.41. The summed E-state index contributed by atoms with van der Waals surface area (Å²) in [4.78, 5) is 25.9. The molecule has 0 radical (unpaired) electrons. The molecular weight excluding hydrogens is 408 g/mol. The Labute approximate surface area is 185 Å². The average molecular weight is 432 g/mol. The van der Waals surface area contributed by atoms with Crippen LogP contribution in [0.3, 0.4) is 0 Å². The molecule has 0 saturated heterocycles. The maximum Gasteiger partial charge on any atom is 0.253 e. The quantitative estimate of drug-likeness (QED) is 0.442. The number of nitrogens with zero attached hydrogens (tertiary/aromatic N) is 2. The summed E-state index contributed by atoms with van der Waals surface area (Å²) in [5.74, 6) is 1.40. The molecule has 164 valence electrons. The van der Waals surface area contributed by atoms with Gasteiger partial charge >= 0.3 is 0 Å². The van der Waals surface area contributed by atoms with Crippen molar-refractivity contribution in [1.82, 2.24) is 9.47 Å². The first kappa shape index (κ1) is 21.2. The highest BCUT2D eigenvalue weighted by Crippen LogP contribution is 2.22. The minimum atomic E-state index is -0.246. The average Bonchev–Trinajstić information content (AvgIpc) is 3.19. The molecule has 32 heavy (non-hydrogen) atoms. The van der Waals surface area contributed by atoms with Gasteiger partial charge < -0.3 is 23.4 Å². The lowest BCUT2D eigenvalue weighted by Crippen LogP contribution is -2.21. The molecule has 0 N–H and O–H groups in total. The van der Waals surface area contributed by atoms with Crippen molar-refractivity contribution < 1.29 is 18.7 Å². The van der Waals surface area contributed by atoms with E-state index < -0.39 is 0 Å². The third-order valence-electron chi connectivity index (χ3n) is 5.10. The Morgan fingerprint density at radius 2 is 1.78 bits per heavy atom. The van der Waals surface area contributed by atoms with Crippen molar-refractivity contribution in [1.29, 1.82) is 0 Å². The molecule has 0 bridgehead atoms. The van der Waals surface area contributed by atoms with E-state index in [2.05, 4.69) is 0 Å². The summed E-state index contributed by atoms with van der Waals surface area (Å²) in [6, 6.07) is 14.4. The topological polar surface area (TPSA) is 73.9 Å². The first-order valence-electron chi connectivity index (χ1n) is 10.1. The summed E-state index contributed by atoms with van der Waals surface area (Å²) < 4.78 is 18.5. The molecule has 4 aromatic rings. The molecule has 0 atom stereocenters. The summed E-state index contributed by atoms with van der Waals surface area (Å²) in [5, 5.41) is 2.12. The number of ether oxygens (including phenoxy) is 2. The summed E-state index contributed by atoms with van der Waals surface area (Å²) in [6.07, 6.45) is 5.31. The first-order valence-corrected chi connectivity index (χ1v) is 10.1. The molecule has 0 spiro atoms. The normalized spacial score (nSPS) is 10.8. The molecule has 2 aromatic carbocycles. The van der Waals surface area contributed by atoms with Crippen molar-refractivity contribution in [2.24, 2.45) is 0 Å². The molecule has 0 aliphatic rings. The highest BCUT2D eigenvalue weighted by atomic mass is 16.5. The number of aromatic nitrogens is 1. The highest BCUT2D eigenvalue weighted by Gasteiger charge is 2.09. The third kappa shape index (κ3) is 4.67. The Hall–Kier alpha value is -4.00. The van der Waals surface area contributed by atoms with Gasteiger partial charge in [-0.25, -0.2) is 0 Å². The van der Waals surface area contributed by atoms with Crippen molar-refractivity contribution in [3.05, 3.63) is 94.3 Å². The van der Waals surface area contributed by atoms with E-state index in [1.165, 1.54) is 17.2 Å². The SMILES string of the molecule is COc1ccc2cn(Cc3cc(=O)c(OCc4ccc(C(=O)N(C)C)cc4)co3)cc2c1. The largest absolute Gasteiger partial charge is 0.497 e. The van der Waals surface area contributed by atoms with Gasteiger partial charge in [-0.2, -0.15) is 0 Å². The molecule has 0 saturated carbocycles. The van der Waals surface area contributed by atoms with Gasteiger partial charge in [-0.05, 0) is 41.3 Å². The van der Waals surface area contributed by atoms with Crippen LogP contribution in [0.1, 0.15) is 21.7 Å². The van der Waals surface area contributed by atoms with Crippen molar-refractivity contribution >= 4 is 16.7 Å². The van der Waals surface area contributed by atoms with E-state index in [-0.39, 0.29) is 23.7 Å². The third-order valence-corrected chi connectivity index (χ3v) is 5.10. The van der Waals surface area contributed by atoms with E-state index in [0.717, 1.165) is 22.1 Å². The lowest BCUT2D eigenvalue weighted by Gasteiger charge is -2.11. The van der Waals surface area contributed by atoms with Gasteiger partial charge in [0.1, 0.15) is 24.4 Å². The van der Waals surface area contributed by atoms with Gasteiger partial charge in [-0.1, -0.05) is 12.1 Å². The number of hydrogen-bond donors (Lipinski definition) is 0. The zero-order valence-electron chi connectivity index (χ0n) is 18.2. The number of amides is 1. The van der Waals surface area contributed by atoms with Crippen LogP contribution in [0.4, 0.5) is 0 Å². The molecule has 0 aliphatic heterocycles. The number of methoxy groups -OCH3 is 1. The minimum absolute atomic E-state index is 0.0663. The summed E-state index contributed by atoms with van der Waals surface area (Å²) in [6.45, 7) is 0.624. The standard InChI is InChI=1S/C25H24N2O5/c1-26(2)25(29)18-6-4-17(5-7-18)15-32-24-16-31-22(11-23(24)28)14-27-12-19-8-9-21(30-3)10-20(19)13-27/h4-13,16H,14-15H2,1-3H3. The molecule has 7 heteroatoms. The fourth-order valence-corrected chi connectivity index (χ4v) is 3.36. The summed E-state index contributed by atoms with van der Waals surface area (Å²) in [5.41, 5.74) is 1.20. The van der Waals surface area contributed by atoms with Crippen molar-refractivity contribution in [3.8, 4) is 11.5 Å². The number of fused-ring (bicyclic) bond motifs is 1. The number of carbonyl (C=O) groups excluding carboxylic acids is 1. The highest BCUT2D eigenvalue weighted by molar-refractivity contribution is 5.93. The molecule has 2 aromatic heterocycles. The zero-order valence-corrected chi connectivity index (χ0v) is 18.2. The van der Waals surface area contributed by atoms with E-state index in [1.54, 1.807) is 45.5 Å². The Morgan fingerprint density at radius 3 is 2.47 bits per heavy atom. The number of hydrogen-bond acceptors (Lipinski definition) is 5. The van der Waals surface area contributed by atoms with Crippen LogP contribution in [0.25, 0.3) is 10.8 Å². The van der Waals surface area contributed by atoms with Gasteiger partial charge in [-0.3, -0.25) is 9.59 Å². The van der Waals surface area contributed by atoms with Gasteiger partial charge in [0, 0.05) is 43.5 Å². The van der Waals surface area contributed by atoms with Crippen LogP contribution < -0.4 is 14.9 Å². The number of rotatable bonds is 7. The van der Waals surface area contributed by atoms with Gasteiger partial charge in [-0.15, -0.1) is 0 Å². The Morgan fingerprint density at radius 1 is 1.03 bits per heavy atom. The fraction of sp³-hybridized carbons (Fsp3) is 0.200. The predicted octanol–water partition coefficient (Wildman–Crippen LogP) is 3.93. The fourth-order valence-electron chi connectivity index (χ4n) is 3.36. The van der Waals surface area contributed by atoms with Crippen LogP contribution in [0, 0.1) is 0 Å². The van der Waals surface area contributed by atoms with Gasteiger partial charge in [0.15, 0.2) is 0 Å². The molecule has 0 fully saturated rings. The van der Waals surface area contributed by atoms with Crippen LogP contribution in [0.2, 0.25) is 0 Å². The first-order chi connectivity index (χ1) is 15.4. The second kappa shape index (κ2) is 9.01. The van der Waals surface area contributed by atoms with Crippen molar-refractivity contribution in [2.75, 3.05) is 21.2 Å². The predicted molar refractivity (Wildman–Crippen MR) is 121 cm³/mol. The minimum Gasteiger partial charge on any atom is -0.497 e. The molecular formula is C25H24N2O5. The summed E-state index contributed by atoms with van der Waals surface area (Å²) in [7, 11) is 5.05. The zero-order chi connectivity index (χ0) is 22.7. The molecule has 0 aliphatic carbocycles. The van der Waals surface area contributed by atoms with E-state index in [4.69, 9.17) is 13.9 Å². The molecule has 2 heterocycles. The lowest BCUT2D eigenvalue weighted by atomic mass is 10.1. The molecule has 0 unspecified atom stereocenters. The Bertz CT molecular complexity index is 1300. The monoisotopic (exact) mass is 432 g/mol. The van der Waals surface area contributed by atoms with E-state index >= 15 is 0 Å². The number of benzene rings is 2. The molecule has 7 nitrogen and oxygen atoms in total. The van der Waals surface area contributed by atoms with E-state index in [1.807, 2.05) is 35.2 Å².